The molecule has 1 rings (SSSR count). The Morgan fingerprint density at radius 3 is 2.50 bits per heavy atom. The SMILES string of the molecule is CC(C)N1CC(C)(CN)CC1=O. The summed E-state index contributed by atoms with van der Waals surface area (Å²) in [6.45, 7) is 7.58. The number of nitrogens with zero attached hydrogens (tertiary/aromatic N) is 1. The van der Waals surface area contributed by atoms with E-state index in [0.29, 0.717) is 19.0 Å². The largest absolute Gasteiger partial charge is 0.340 e. The zero-order valence-electron chi connectivity index (χ0n) is 8.13. The van der Waals surface area contributed by atoms with Gasteiger partial charge in [-0.3, -0.25) is 4.79 Å². The number of hydrogen-bond acceptors (Lipinski definition) is 2. The van der Waals surface area contributed by atoms with Crippen LogP contribution in [0, 0.1) is 5.41 Å². The van der Waals surface area contributed by atoms with Gasteiger partial charge in [0.15, 0.2) is 0 Å². The molecule has 2 N–H and O–H groups in total. The molecular weight excluding hydrogens is 152 g/mol. The lowest BCUT2D eigenvalue weighted by molar-refractivity contribution is -0.129. The molecule has 12 heavy (non-hydrogen) atoms. The summed E-state index contributed by atoms with van der Waals surface area (Å²) in [5.41, 5.74) is 5.63. The highest BCUT2D eigenvalue weighted by Gasteiger charge is 2.39. The highest BCUT2D eigenvalue weighted by atomic mass is 16.2. The summed E-state index contributed by atoms with van der Waals surface area (Å²) >= 11 is 0. The Morgan fingerprint density at radius 1 is 1.67 bits per heavy atom. The van der Waals surface area contributed by atoms with Gasteiger partial charge in [-0.15, -0.1) is 0 Å². The van der Waals surface area contributed by atoms with Crippen molar-refractivity contribution < 1.29 is 4.79 Å². The molecule has 0 aromatic heterocycles. The van der Waals surface area contributed by atoms with Crippen LogP contribution in [0.1, 0.15) is 27.2 Å². The van der Waals surface area contributed by atoms with Crippen molar-refractivity contribution in [3.05, 3.63) is 0 Å². The number of carbonyl (C=O) groups is 1. The van der Waals surface area contributed by atoms with E-state index in [0.717, 1.165) is 6.54 Å². The summed E-state index contributed by atoms with van der Waals surface area (Å²) in [7, 11) is 0. The summed E-state index contributed by atoms with van der Waals surface area (Å²) in [4.78, 5) is 13.4. The van der Waals surface area contributed by atoms with Crippen LogP contribution in [-0.4, -0.2) is 29.9 Å². The van der Waals surface area contributed by atoms with Crippen molar-refractivity contribution in [1.82, 2.24) is 4.90 Å². The second kappa shape index (κ2) is 3.05. The van der Waals surface area contributed by atoms with E-state index in [9.17, 15) is 4.79 Å². The Hall–Kier alpha value is -0.570. The predicted molar refractivity (Wildman–Crippen MR) is 48.6 cm³/mol. The molecule has 0 radical (unpaired) electrons. The van der Waals surface area contributed by atoms with Gasteiger partial charge in [0, 0.05) is 24.4 Å². The van der Waals surface area contributed by atoms with Gasteiger partial charge in [-0.2, -0.15) is 0 Å². The minimum absolute atomic E-state index is 0.0152. The molecule has 1 unspecified atom stereocenters. The van der Waals surface area contributed by atoms with Crippen molar-refractivity contribution in [2.45, 2.75) is 33.2 Å². The Bertz CT molecular complexity index is 191. The number of hydrogen-bond donors (Lipinski definition) is 1. The van der Waals surface area contributed by atoms with E-state index in [2.05, 4.69) is 6.92 Å². The van der Waals surface area contributed by atoms with E-state index in [1.165, 1.54) is 0 Å². The fourth-order valence-corrected chi connectivity index (χ4v) is 1.63. The zero-order chi connectivity index (χ0) is 9.35. The molecule has 3 nitrogen and oxygen atoms in total. The van der Waals surface area contributed by atoms with Crippen molar-refractivity contribution in [2.24, 2.45) is 11.1 Å². The van der Waals surface area contributed by atoms with Crippen LogP contribution in [0.5, 0.6) is 0 Å². The van der Waals surface area contributed by atoms with E-state index in [1.807, 2.05) is 18.7 Å². The van der Waals surface area contributed by atoms with Gasteiger partial charge in [-0.05, 0) is 20.4 Å². The zero-order valence-corrected chi connectivity index (χ0v) is 8.13. The molecule has 0 aromatic carbocycles. The lowest BCUT2D eigenvalue weighted by Gasteiger charge is -2.24. The van der Waals surface area contributed by atoms with Gasteiger partial charge in [-0.1, -0.05) is 6.92 Å². The fraction of sp³-hybridized carbons (Fsp3) is 0.889. The summed E-state index contributed by atoms with van der Waals surface area (Å²) in [6, 6.07) is 0.311. The van der Waals surface area contributed by atoms with Crippen LogP contribution in [0.3, 0.4) is 0 Å². The summed E-state index contributed by atoms with van der Waals surface area (Å²) in [6.07, 6.45) is 0.613. The maximum atomic E-state index is 11.5. The second-order valence-corrected chi connectivity index (χ2v) is 4.31. The van der Waals surface area contributed by atoms with Crippen LogP contribution < -0.4 is 5.73 Å². The van der Waals surface area contributed by atoms with Crippen LogP contribution in [0.4, 0.5) is 0 Å². The lowest BCUT2D eigenvalue weighted by Crippen LogP contribution is -2.35. The molecule has 0 aliphatic carbocycles. The first-order valence-electron chi connectivity index (χ1n) is 4.48. The average Bonchev–Trinajstić information content (AvgIpc) is 2.28. The molecule has 1 aliphatic heterocycles. The molecule has 3 heteroatoms. The molecule has 70 valence electrons. The van der Waals surface area contributed by atoms with Gasteiger partial charge in [0.1, 0.15) is 0 Å². The third-order valence-electron chi connectivity index (χ3n) is 2.57. The first kappa shape index (κ1) is 9.52. The van der Waals surface area contributed by atoms with E-state index in [1.54, 1.807) is 0 Å². The number of likely N-dealkylation sites (tertiary alicyclic amines) is 1. The predicted octanol–water partition coefficient (Wildman–Crippen LogP) is 0.592. The fourth-order valence-electron chi connectivity index (χ4n) is 1.63. The van der Waals surface area contributed by atoms with Crippen molar-refractivity contribution in [2.75, 3.05) is 13.1 Å². The van der Waals surface area contributed by atoms with E-state index in [-0.39, 0.29) is 11.3 Å². The molecule has 0 bridgehead atoms. The highest BCUT2D eigenvalue weighted by molar-refractivity contribution is 5.79. The first-order valence-corrected chi connectivity index (χ1v) is 4.48. The first-order chi connectivity index (χ1) is 5.48. The minimum atomic E-state index is 0.0152. The molecule has 0 spiro atoms. The van der Waals surface area contributed by atoms with Gasteiger partial charge < -0.3 is 10.6 Å². The van der Waals surface area contributed by atoms with Gasteiger partial charge in [0.2, 0.25) is 5.91 Å². The third-order valence-corrected chi connectivity index (χ3v) is 2.57. The van der Waals surface area contributed by atoms with E-state index in [4.69, 9.17) is 5.73 Å². The van der Waals surface area contributed by atoms with Crippen molar-refractivity contribution >= 4 is 5.91 Å². The Labute approximate surface area is 73.9 Å². The smallest absolute Gasteiger partial charge is 0.223 e. The van der Waals surface area contributed by atoms with Crippen molar-refractivity contribution in [3.63, 3.8) is 0 Å². The molecular formula is C9H18N2O. The Morgan fingerprint density at radius 2 is 2.25 bits per heavy atom. The number of amides is 1. The van der Waals surface area contributed by atoms with Crippen molar-refractivity contribution in [1.29, 1.82) is 0 Å². The molecule has 1 saturated heterocycles. The topological polar surface area (TPSA) is 46.3 Å². The Balaban J connectivity index is 2.68. The summed E-state index contributed by atoms with van der Waals surface area (Å²) in [5.74, 6) is 0.248. The molecule has 1 fully saturated rings. The highest BCUT2D eigenvalue weighted by Crippen LogP contribution is 2.30. The van der Waals surface area contributed by atoms with Crippen LogP contribution in [-0.2, 0) is 4.79 Å². The molecule has 1 heterocycles. The van der Waals surface area contributed by atoms with E-state index >= 15 is 0 Å². The molecule has 0 aromatic rings. The molecule has 1 amide bonds. The van der Waals surface area contributed by atoms with Gasteiger partial charge in [-0.25, -0.2) is 0 Å². The van der Waals surface area contributed by atoms with Crippen LogP contribution in [0.2, 0.25) is 0 Å². The summed E-state index contributed by atoms with van der Waals surface area (Å²) < 4.78 is 0. The molecule has 0 saturated carbocycles. The Kier molecular flexibility index (Phi) is 2.42. The quantitative estimate of drug-likeness (QED) is 0.659. The van der Waals surface area contributed by atoms with E-state index < -0.39 is 0 Å². The maximum Gasteiger partial charge on any atom is 0.223 e. The molecule has 1 aliphatic rings. The molecule has 1 atom stereocenters. The summed E-state index contributed by atoms with van der Waals surface area (Å²) in [5, 5.41) is 0. The maximum absolute atomic E-state index is 11.5. The number of nitrogens with two attached hydrogens (primary N) is 1. The van der Waals surface area contributed by atoms with Crippen LogP contribution >= 0.6 is 0 Å². The minimum Gasteiger partial charge on any atom is -0.340 e. The van der Waals surface area contributed by atoms with Crippen molar-refractivity contribution in [3.8, 4) is 0 Å². The third kappa shape index (κ3) is 1.61. The van der Waals surface area contributed by atoms with Crippen LogP contribution in [0.15, 0.2) is 0 Å². The van der Waals surface area contributed by atoms with Gasteiger partial charge in [0.05, 0.1) is 0 Å². The average molecular weight is 170 g/mol. The second-order valence-electron chi connectivity index (χ2n) is 4.31. The van der Waals surface area contributed by atoms with Crippen LogP contribution in [0.25, 0.3) is 0 Å². The van der Waals surface area contributed by atoms with Gasteiger partial charge in [0.25, 0.3) is 0 Å². The monoisotopic (exact) mass is 170 g/mol. The number of rotatable bonds is 2. The lowest BCUT2D eigenvalue weighted by atomic mass is 9.90. The number of carbonyl (C=O) groups excluding carboxylic acids is 1. The standard InChI is InChI=1S/C9H18N2O/c1-7(2)11-6-9(3,5-10)4-8(11)12/h7H,4-6,10H2,1-3H3. The normalized spacial score (nSPS) is 30.4. The van der Waals surface area contributed by atoms with Gasteiger partial charge >= 0.3 is 0 Å².